The molecule has 0 unspecified atom stereocenters. The van der Waals surface area contributed by atoms with Gasteiger partial charge in [-0.05, 0) is 31.2 Å². The van der Waals surface area contributed by atoms with Gasteiger partial charge in [-0.25, -0.2) is 0 Å². The average molecular weight is 202 g/mol. The van der Waals surface area contributed by atoms with Crippen molar-refractivity contribution in [3.8, 4) is 0 Å². The highest BCUT2D eigenvalue weighted by Crippen LogP contribution is 2.18. The Labute approximate surface area is 89.6 Å². The Morgan fingerprint density at radius 3 is 2.40 bits per heavy atom. The maximum absolute atomic E-state index is 6.88. The van der Waals surface area contributed by atoms with Gasteiger partial charge in [-0.2, -0.15) is 0 Å². The molecule has 0 heterocycles. The summed E-state index contributed by atoms with van der Waals surface area (Å²) in [6, 6.07) is 7.45. The van der Waals surface area contributed by atoms with Crippen LogP contribution in [0.1, 0.15) is 12.5 Å². The van der Waals surface area contributed by atoms with Crippen LogP contribution in [0.15, 0.2) is 43.2 Å². The first kappa shape index (κ1) is 11.0. The van der Waals surface area contributed by atoms with E-state index >= 15 is 0 Å². The van der Waals surface area contributed by atoms with Gasteiger partial charge in [0, 0.05) is 11.3 Å². The topological polar surface area (TPSA) is 45.1 Å². The summed E-state index contributed by atoms with van der Waals surface area (Å²) in [6.07, 6.45) is 1.13. The van der Waals surface area contributed by atoms with Gasteiger partial charge in [-0.15, -0.1) is 0 Å². The molecular formula is C12H14N2O. The van der Waals surface area contributed by atoms with Crippen molar-refractivity contribution in [2.24, 2.45) is 0 Å². The van der Waals surface area contributed by atoms with Crippen LogP contribution in [0.4, 0.5) is 5.69 Å². The standard InChI is InChI=1S/C12H14N2O/c1-9(2)15-10(3)11-4-6-12(7-5-11)14-8-13/h4-8H,1,3H2,2H3,(H2,13,14). The first-order chi connectivity index (χ1) is 7.13. The molecule has 3 heteroatoms. The molecule has 0 saturated carbocycles. The number of hydrogen-bond donors (Lipinski definition) is 2. The summed E-state index contributed by atoms with van der Waals surface area (Å²) in [4.78, 5) is 0. The van der Waals surface area contributed by atoms with Crippen molar-refractivity contribution in [1.29, 1.82) is 5.41 Å². The van der Waals surface area contributed by atoms with Crippen molar-refractivity contribution in [3.63, 3.8) is 0 Å². The van der Waals surface area contributed by atoms with Crippen molar-refractivity contribution >= 4 is 17.8 Å². The van der Waals surface area contributed by atoms with E-state index in [0.29, 0.717) is 11.5 Å². The lowest BCUT2D eigenvalue weighted by atomic mass is 10.2. The predicted molar refractivity (Wildman–Crippen MR) is 63.8 cm³/mol. The number of allylic oxidation sites excluding steroid dienone is 1. The molecule has 0 aliphatic carbocycles. The van der Waals surface area contributed by atoms with E-state index < -0.39 is 0 Å². The fourth-order valence-corrected chi connectivity index (χ4v) is 1.10. The van der Waals surface area contributed by atoms with Crippen LogP contribution in [-0.4, -0.2) is 6.34 Å². The number of rotatable bonds is 5. The highest BCUT2D eigenvalue weighted by atomic mass is 16.5. The Balaban J connectivity index is 2.75. The van der Waals surface area contributed by atoms with Gasteiger partial charge in [0.05, 0.1) is 12.1 Å². The molecular weight excluding hydrogens is 188 g/mol. The second kappa shape index (κ2) is 5.00. The van der Waals surface area contributed by atoms with Crippen molar-refractivity contribution in [2.45, 2.75) is 6.92 Å². The molecule has 15 heavy (non-hydrogen) atoms. The molecule has 0 amide bonds. The molecule has 0 fully saturated rings. The monoisotopic (exact) mass is 202 g/mol. The SMILES string of the molecule is C=C(C)OC(=C)c1ccc(NC=N)cc1. The third-order valence-corrected chi connectivity index (χ3v) is 1.74. The number of nitrogens with one attached hydrogen (secondary N) is 2. The van der Waals surface area contributed by atoms with Crippen LogP contribution < -0.4 is 5.32 Å². The van der Waals surface area contributed by atoms with Crippen LogP contribution in [0.2, 0.25) is 0 Å². The summed E-state index contributed by atoms with van der Waals surface area (Å²) in [6.45, 7) is 9.21. The third-order valence-electron chi connectivity index (χ3n) is 1.74. The third kappa shape index (κ3) is 3.31. The zero-order chi connectivity index (χ0) is 11.3. The highest BCUT2D eigenvalue weighted by molar-refractivity contribution is 5.74. The molecule has 0 spiro atoms. The van der Waals surface area contributed by atoms with Crippen LogP contribution >= 0.6 is 0 Å². The second-order valence-corrected chi connectivity index (χ2v) is 3.09. The Hall–Kier alpha value is -2.03. The van der Waals surface area contributed by atoms with Crippen LogP contribution in [-0.2, 0) is 4.74 Å². The zero-order valence-corrected chi connectivity index (χ0v) is 8.71. The van der Waals surface area contributed by atoms with E-state index in [0.717, 1.165) is 17.6 Å². The molecule has 0 aromatic heterocycles. The molecule has 1 aromatic rings. The Morgan fingerprint density at radius 1 is 1.33 bits per heavy atom. The first-order valence-electron chi connectivity index (χ1n) is 4.51. The van der Waals surface area contributed by atoms with Crippen molar-refractivity contribution in [1.82, 2.24) is 0 Å². The molecule has 0 radical (unpaired) electrons. The van der Waals surface area contributed by atoms with Gasteiger partial charge in [-0.3, -0.25) is 5.41 Å². The first-order valence-corrected chi connectivity index (χ1v) is 4.51. The minimum Gasteiger partial charge on any atom is -0.463 e. The maximum Gasteiger partial charge on any atom is 0.126 e. The largest absolute Gasteiger partial charge is 0.463 e. The lowest BCUT2D eigenvalue weighted by molar-refractivity contribution is 0.388. The molecule has 2 N–H and O–H groups in total. The van der Waals surface area contributed by atoms with Gasteiger partial charge in [0.15, 0.2) is 0 Å². The summed E-state index contributed by atoms with van der Waals surface area (Å²) < 4.78 is 5.28. The van der Waals surface area contributed by atoms with Gasteiger partial charge in [0.25, 0.3) is 0 Å². The van der Waals surface area contributed by atoms with Crippen LogP contribution in [0.5, 0.6) is 0 Å². The lowest BCUT2D eigenvalue weighted by Crippen LogP contribution is -1.93. The van der Waals surface area contributed by atoms with E-state index in [4.69, 9.17) is 10.1 Å². The van der Waals surface area contributed by atoms with Crippen molar-refractivity contribution < 1.29 is 4.74 Å². The number of hydrogen-bond acceptors (Lipinski definition) is 2. The van der Waals surface area contributed by atoms with Gasteiger partial charge >= 0.3 is 0 Å². The van der Waals surface area contributed by atoms with E-state index in [9.17, 15) is 0 Å². The van der Waals surface area contributed by atoms with E-state index in [1.54, 1.807) is 6.92 Å². The van der Waals surface area contributed by atoms with Crippen LogP contribution in [0.25, 0.3) is 5.76 Å². The van der Waals surface area contributed by atoms with Crippen molar-refractivity contribution in [3.05, 3.63) is 48.7 Å². The van der Waals surface area contributed by atoms with Gasteiger partial charge in [-0.1, -0.05) is 13.2 Å². The lowest BCUT2D eigenvalue weighted by Gasteiger charge is -2.08. The summed E-state index contributed by atoms with van der Waals surface area (Å²) in [7, 11) is 0. The molecule has 3 nitrogen and oxygen atoms in total. The van der Waals surface area contributed by atoms with Gasteiger partial charge in [0.2, 0.25) is 0 Å². The fraction of sp³-hybridized carbons (Fsp3) is 0.0833. The second-order valence-electron chi connectivity index (χ2n) is 3.09. The van der Waals surface area contributed by atoms with E-state index in [2.05, 4.69) is 18.5 Å². The number of ether oxygens (including phenoxy) is 1. The molecule has 1 aromatic carbocycles. The molecule has 0 aliphatic rings. The predicted octanol–water partition coefficient (Wildman–Crippen LogP) is 3.23. The fourth-order valence-electron chi connectivity index (χ4n) is 1.10. The minimum absolute atomic E-state index is 0.573. The molecule has 0 bridgehead atoms. The average Bonchev–Trinajstić information content (AvgIpc) is 2.18. The molecule has 0 aliphatic heterocycles. The molecule has 0 saturated heterocycles. The maximum atomic E-state index is 6.88. The van der Waals surface area contributed by atoms with E-state index in [-0.39, 0.29) is 0 Å². The summed E-state index contributed by atoms with van der Waals surface area (Å²) in [5, 5.41) is 9.65. The summed E-state index contributed by atoms with van der Waals surface area (Å²) >= 11 is 0. The molecule has 1 rings (SSSR count). The Kier molecular flexibility index (Phi) is 3.68. The Bertz CT molecular complexity index is 379. The van der Waals surface area contributed by atoms with Gasteiger partial charge < -0.3 is 10.1 Å². The van der Waals surface area contributed by atoms with Crippen LogP contribution in [0.3, 0.4) is 0 Å². The van der Waals surface area contributed by atoms with Crippen LogP contribution in [0, 0.1) is 5.41 Å². The normalized spacial score (nSPS) is 9.13. The van der Waals surface area contributed by atoms with Crippen molar-refractivity contribution in [2.75, 3.05) is 5.32 Å². The number of benzene rings is 1. The van der Waals surface area contributed by atoms with E-state index in [1.807, 2.05) is 24.3 Å². The molecule has 78 valence electrons. The zero-order valence-electron chi connectivity index (χ0n) is 8.71. The molecule has 0 atom stereocenters. The minimum atomic E-state index is 0.573. The summed E-state index contributed by atoms with van der Waals surface area (Å²) in [5.41, 5.74) is 1.76. The summed E-state index contributed by atoms with van der Waals surface area (Å²) in [5.74, 6) is 1.19. The highest BCUT2D eigenvalue weighted by Gasteiger charge is 1.99. The van der Waals surface area contributed by atoms with E-state index in [1.165, 1.54) is 0 Å². The Morgan fingerprint density at radius 2 is 1.93 bits per heavy atom. The quantitative estimate of drug-likeness (QED) is 0.437. The smallest absolute Gasteiger partial charge is 0.126 e. The number of anilines is 1. The van der Waals surface area contributed by atoms with Gasteiger partial charge in [0.1, 0.15) is 5.76 Å².